The fourth-order valence-electron chi connectivity index (χ4n) is 1.44. The molecule has 1 unspecified atom stereocenters. The van der Waals surface area contributed by atoms with E-state index < -0.39 is 12.0 Å². The summed E-state index contributed by atoms with van der Waals surface area (Å²) >= 11 is 0. The Morgan fingerprint density at radius 3 is 2.56 bits per heavy atom. The molecule has 1 rings (SSSR count). The van der Waals surface area contributed by atoms with Crippen LogP contribution in [0.15, 0.2) is 0 Å². The predicted octanol–water partition coefficient (Wildman–Crippen LogP) is 0.280. The molecule has 1 atom stereocenters. The number of amides is 2. The largest absolute Gasteiger partial charge is 0.480 e. The molecule has 2 amide bonds. The van der Waals surface area contributed by atoms with Crippen molar-refractivity contribution in [2.24, 2.45) is 0 Å². The van der Waals surface area contributed by atoms with Crippen LogP contribution in [0.5, 0.6) is 0 Å². The zero-order chi connectivity index (χ0) is 12.3. The van der Waals surface area contributed by atoms with Gasteiger partial charge < -0.3 is 20.1 Å². The van der Waals surface area contributed by atoms with Crippen molar-refractivity contribution in [3.63, 3.8) is 0 Å². The van der Waals surface area contributed by atoms with Crippen LogP contribution >= 0.6 is 0 Å². The van der Waals surface area contributed by atoms with Gasteiger partial charge in [0.15, 0.2) is 6.04 Å². The van der Waals surface area contributed by atoms with Crippen molar-refractivity contribution < 1.29 is 19.4 Å². The molecule has 0 aromatic heterocycles. The number of hydrogen-bond donors (Lipinski definition) is 2. The van der Waals surface area contributed by atoms with Gasteiger partial charge in [-0.25, -0.2) is 9.59 Å². The number of rotatable bonds is 1. The zero-order valence-electron chi connectivity index (χ0n) is 9.82. The maximum Gasteiger partial charge on any atom is 0.328 e. The highest BCUT2D eigenvalue weighted by Gasteiger charge is 2.33. The minimum atomic E-state index is -1.04. The highest BCUT2D eigenvalue weighted by Crippen LogP contribution is 2.09. The fraction of sp³-hybridized carbons (Fsp3) is 0.800. The van der Waals surface area contributed by atoms with E-state index in [-0.39, 0.29) is 18.2 Å². The van der Waals surface area contributed by atoms with Crippen LogP contribution in [0.4, 0.5) is 4.79 Å². The number of carboxylic acid groups (broad SMARTS) is 1. The number of carbonyl (C=O) groups is 2. The first-order valence-electron chi connectivity index (χ1n) is 5.20. The molecular weight excluding hydrogens is 212 g/mol. The Kier molecular flexibility index (Phi) is 3.74. The summed E-state index contributed by atoms with van der Waals surface area (Å²) in [4.78, 5) is 24.1. The molecule has 1 aliphatic rings. The molecule has 1 fully saturated rings. The Labute approximate surface area is 94.6 Å². The summed E-state index contributed by atoms with van der Waals surface area (Å²) in [5.74, 6) is -1.04. The van der Waals surface area contributed by atoms with Crippen molar-refractivity contribution in [2.75, 3.05) is 19.8 Å². The first-order valence-corrected chi connectivity index (χ1v) is 5.20. The SMILES string of the molecule is CC(C)(C)NC(=O)N1CCOCC1C(=O)O. The molecule has 0 aliphatic carbocycles. The molecule has 1 aliphatic heterocycles. The van der Waals surface area contributed by atoms with Crippen LogP contribution in [-0.2, 0) is 9.53 Å². The van der Waals surface area contributed by atoms with Crippen LogP contribution in [0.3, 0.4) is 0 Å². The molecule has 2 N–H and O–H groups in total. The fourth-order valence-corrected chi connectivity index (χ4v) is 1.44. The summed E-state index contributed by atoms with van der Waals surface area (Å²) in [5.41, 5.74) is -0.377. The number of carbonyl (C=O) groups excluding carboxylic acids is 1. The average molecular weight is 230 g/mol. The lowest BCUT2D eigenvalue weighted by Crippen LogP contribution is -2.58. The Morgan fingerprint density at radius 2 is 2.06 bits per heavy atom. The van der Waals surface area contributed by atoms with Crippen molar-refractivity contribution in [1.29, 1.82) is 0 Å². The van der Waals surface area contributed by atoms with Gasteiger partial charge in [-0.05, 0) is 20.8 Å². The van der Waals surface area contributed by atoms with E-state index >= 15 is 0 Å². The summed E-state index contributed by atoms with van der Waals surface area (Å²) in [6.45, 7) is 6.27. The number of aliphatic carboxylic acids is 1. The van der Waals surface area contributed by atoms with E-state index in [0.717, 1.165) is 0 Å². The standard InChI is InChI=1S/C10H18N2O4/c1-10(2,3)11-9(15)12-4-5-16-6-7(12)8(13)14/h7H,4-6H2,1-3H3,(H,11,15)(H,13,14). The van der Waals surface area contributed by atoms with E-state index in [0.29, 0.717) is 13.2 Å². The van der Waals surface area contributed by atoms with Gasteiger partial charge >= 0.3 is 12.0 Å². The summed E-state index contributed by atoms with van der Waals surface area (Å²) in [6, 6.07) is -1.25. The maximum atomic E-state index is 11.8. The summed E-state index contributed by atoms with van der Waals surface area (Å²) in [6.07, 6.45) is 0. The summed E-state index contributed by atoms with van der Waals surface area (Å²) in [7, 11) is 0. The lowest BCUT2D eigenvalue weighted by atomic mass is 10.1. The highest BCUT2D eigenvalue weighted by molar-refractivity contribution is 5.83. The molecule has 6 heteroatoms. The number of ether oxygens (including phenoxy) is 1. The van der Waals surface area contributed by atoms with Gasteiger partial charge in [-0.2, -0.15) is 0 Å². The van der Waals surface area contributed by atoms with E-state index in [4.69, 9.17) is 9.84 Å². The van der Waals surface area contributed by atoms with Gasteiger partial charge in [0, 0.05) is 12.1 Å². The van der Waals surface area contributed by atoms with Gasteiger partial charge in [-0.3, -0.25) is 0 Å². The number of carboxylic acids is 1. The van der Waals surface area contributed by atoms with Gasteiger partial charge in [-0.15, -0.1) is 0 Å². The van der Waals surface area contributed by atoms with E-state index in [1.165, 1.54) is 4.90 Å². The highest BCUT2D eigenvalue weighted by atomic mass is 16.5. The summed E-state index contributed by atoms with van der Waals surface area (Å²) < 4.78 is 5.05. The molecule has 16 heavy (non-hydrogen) atoms. The number of hydrogen-bond acceptors (Lipinski definition) is 3. The molecule has 1 heterocycles. The Hall–Kier alpha value is -1.30. The van der Waals surface area contributed by atoms with Crippen LogP contribution in [-0.4, -0.2) is 53.3 Å². The normalized spacial score (nSPS) is 21.7. The van der Waals surface area contributed by atoms with Crippen LogP contribution in [0.1, 0.15) is 20.8 Å². The van der Waals surface area contributed by atoms with Crippen molar-refractivity contribution in [2.45, 2.75) is 32.4 Å². The average Bonchev–Trinajstić information content (AvgIpc) is 2.15. The molecule has 0 aromatic carbocycles. The molecule has 92 valence electrons. The van der Waals surface area contributed by atoms with Gasteiger partial charge in [-0.1, -0.05) is 0 Å². The Morgan fingerprint density at radius 1 is 1.44 bits per heavy atom. The molecule has 1 saturated heterocycles. The lowest BCUT2D eigenvalue weighted by molar-refractivity contribution is -0.147. The third-order valence-electron chi connectivity index (χ3n) is 2.16. The van der Waals surface area contributed by atoms with Crippen LogP contribution in [0.2, 0.25) is 0 Å². The number of morpholine rings is 1. The van der Waals surface area contributed by atoms with Crippen LogP contribution in [0.25, 0.3) is 0 Å². The second kappa shape index (κ2) is 4.69. The number of nitrogens with zero attached hydrogens (tertiary/aromatic N) is 1. The second-order valence-electron chi connectivity index (χ2n) is 4.80. The minimum absolute atomic E-state index is 0.0485. The number of urea groups is 1. The lowest BCUT2D eigenvalue weighted by Gasteiger charge is -2.35. The molecule has 0 bridgehead atoms. The molecule has 0 radical (unpaired) electrons. The van der Waals surface area contributed by atoms with Crippen LogP contribution in [0, 0.1) is 0 Å². The van der Waals surface area contributed by atoms with E-state index in [1.54, 1.807) is 0 Å². The topological polar surface area (TPSA) is 78.9 Å². The maximum absolute atomic E-state index is 11.8. The zero-order valence-corrected chi connectivity index (χ0v) is 9.82. The van der Waals surface area contributed by atoms with Crippen molar-refractivity contribution >= 4 is 12.0 Å². The first-order chi connectivity index (χ1) is 7.31. The van der Waals surface area contributed by atoms with Crippen LogP contribution < -0.4 is 5.32 Å². The quantitative estimate of drug-likeness (QED) is 0.678. The van der Waals surface area contributed by atoms with E-state index in [1.807, 2.05) is 20.8 Å². The van der Waals surface area contributed by atoms with Gasteiger partial charge in [0.25, 0.3) is 0 Å². The molecule has 0 aromatic rings. The molecule has 0 spiro atoms. The smallest absolute Gasteiger partial charge is 0.328 e. The Bertz CT molecular complexity index is 285. The summed E-state index contributed by atoms with van der Waals surface area (Å²) in [5, 5.41) is 11.7. The molecular formula is C10H18N2O4. The first kappa shape index (κ1) is 12.8. The van der Waals surface area contributed by atoms with Gasteiger partial charge in [0.2, 0.25) is 0 Å². The van der Waals surface area contributed by atoms with Crippen molar-refractivity contribution in [3.8, 4) is 0 Å². The third-order valence-corrected chi connectivity index (χ3v) is 2.16. The van der Waals surface area contributed by atoms with Crippen molar-refractivity contribution in [3.05, 3.63) is 0 Å². The Balaban J connectivity index is 2.68. The molecule has 0 saturated carbocycles. The third kappa shape index (κ3) is 3.37. The second-order valence-corrected chi connectivity index (χ2v) is 4.80. The number of nitrogens with one attached hydrogen (secondary N) is 1. The van der Waals surface area contributed by atoms with E-state index in [9.17, 15) is 9.59 Å². The van der Waals surface area contributed by atoms with E-state index in [2.05, 4.69) is 5.32 Å². The van der Waals surface area contributed by atoms with Gasteiger partial charge in [0.05, 0.1) is 13.2 Å². The molecule has 6 nitrogen and oxygen atoms in total. The minimum Gasteiger partial charge on any atom is -0.480 e. The predicted molar refractivity (Wildman–Crippen MR) is 57.2 cm³/mol. The monoisotopic (exact) mass is 230 g/mol. The van der Waals surface area contributed by atoms with Crippen molar-refractivity contribution in [1.82, 2.24) is 10.2 Å². The van der Waals surface area contributed by atoms with Gasteiger partial charge in [0.1, 0.15) is 0 Å².